The van der Waals surface area contributed by atoms with Gasteiger partial charge in [0, 0.05) is 19.8 Å². The lowest BCUT2D eigenvalue weighted by atomic mass is 9.94. The van der Waals surface area contributed by atoms with Crippen molar-refractivity contribution in [3.05, 3.63) is 24.3 Å². The third kappa shape index (κ3) is 2.23. The van der Waals surface area contributed by atoms with Gasteiger partial charge < -0.3 is 4.90 Å². The van der Waals surface area contributed by atoms with Gasteiger partial charge in [0.15, 0.2) is 7.00 Å². The maximum Gasteiger partial charge on any atom is 0.178 e. The zero-order chi connectivity index (χ0) is 8.27. The second kappa shape index (κ2) is 3.78. The Kier molecular flexibility index (Phi) is 2.96. The third-order valence-corrected chi connectivity index (χ3v) is 1.99. The molecule has 0 aliphatic rings. The molecule has 0 bridgehead atoms. The maximum atomic E-state index is 2.59. The van der Waals surface area contributed by atoms with Crippen molar-refractivity contribution in [2.24, 2.45) is 0 Å². The van der Waals surface area contributed by atoms with Crippen molar-refractivity contribution in [1.82, 2.24) is 0 Å². The summed E-state index contributed by atoms with van der Waals surface area (Å²) in [5.74, 6) is 0. The van der Waals surface area contributed by atoms with Crippen LogP contribution in [0, 0.1) is 0 Å². The molecule has 1 aromatic carbocycles. The van der Waals surface area contributed by atoms with Gasteiger partial charge in [-0.1, -0.05) is 17.6 Å². The highest BCUT2D eigenvalue weighted by atomic mass is 31.0. The van der Waals surface area contributed by atoms with Crippen molar-refractivity contribution in [3.8, 4) is 0 Å². The first-order valence-corrected chi connectivity index (χ1v) is 4.23. The molecule has 0 saturated carbocycles. The van der Waals surface area contributed by atoms with Crippen molar-refractivity contribution in [2.45, 2.75) is 0 Å². The molecular formula is C8H12BNP. The van der Waals surface area contributed by atoms with Crippen LogP contribution in [0.15, 0.2) is 24.3 Å². The zero-order valence-corrected chi connectivity index (χ0v) is 8.07. The Morgan fingerprint density at radius 3 is 2.09 bits per heavy atom. The van der Waals surface area contributed by atoms with Gasteiger partial charge in [0.05, 0.1) is 0 Å². The van der Waals surface area contributed by atoms with Crippen molar-refractivity contribution in [3.63, 3.8) is 0 Å². The molecular weight excluding hydrogens is 152 g/mol. The first-order valence-electron chi connectivity index (χ1n) is 3.56. The minimum absolute atomic E-state index is 1.24. The molecule has 0 aromatic heterocycles. The Balaban J connectivity index is 2.83. The Morgan fingerprint density at radius 1 is 1.18 bits per heavy atom. The Morgan fingerprint density at radius 2 is 1.73 bits per heavy atom. The summed E-state index contributed by atoms with van der Waals surface area (Å²) in [4.78, 5) is 2.09. The fraction of sp³-hybridized carbons (Fsp3) is 0.250. The van der Waals surface area contributed by atoms with Gasteiger partial charge in [0.1, 0.15) is 0 Å². The van der Waals surface area contributed by atoms with Crippen LogP contribution in [-0.2, 0) is 0 Å². The normalized spacial score (nSPS) is 9.36. The number of benzene rings is 1. The smallest absolute Gasteiger partial charge is 0.178 e. The average molecular weight is 164 g/mol. The molecule has 1 radical (unpaired) electrons. The second-order valence-corrected chi connectivity index (χ2v) is 2.99. The summed E-state index contributed by atoms with van der Waals surface area (Å²) in [5.41, 5.74) is 2.47. The van der Waals surface area contributed by atoms with E-state index in [1.165, 1.54) is 11.2 Å². The number of anilines is 1. The SMILES string of the molecule is CN(C)c1ccc([B]P)cc1. The molecule has 0 fully saturated rings. The topological polar surface area (TPSA) is 3.24 Å². The summed E-state index contributed by atoms with van der Waals surface area (Å²) < 4.78 is 0. The van der Waals surface area contributed by atoms with E-state index >= 15 is 0 Å². The molecule has 3 heteroatoms. The lowest BCUT2D eigenvalue weighted by Crippen LogP contribution is -2.12. The molecule has 0 N–H and O–H groups in total. The van der Waals surface area contributed by atoms with Gasteiger partial charge in [-0.25, -0.2) is 0 Å². The van der Waals surface area contributed by atoms with Gasteiger partial charge in [-0.05, 0) is 12.1 Å². The Bertz CT molecular complexity index is 220. The summed E-state index contributed by atoms with van der Waals surface area (Å²) in [6.07, 6.45) is 0. The van der Waals surface area contributed by atoms with Gasteiger partial charge in [-0.3, -0.25) is 0 Å². The first-order chi connectivity index (χ1) is 5.24. The maximum absolute atomic E-state index is 2.59. The highest BCUT2D eigenvalue weighted by Gasteiger charge is 1.93. The van der Waals surface area contributed by atoms with E-state index in [1.54, 1.807) is 0 Å². The predicted octanol–water partition coefficient (Wildman–Crippen LogP) is 0.872. The van der Waals surface area contributed by atoms with Gasteiger partial charge in [-0.2, -0.15) is 9.12 Å². The average Bonchev–Trinajstić information content (AvgIpc) is 2.05. The van der Waals surface area contributed by atoms with Crippen LogP contribution in [-0.4, -0.2) is 21.1 Å². The van der Waals surface area contributed by atoms with Crippen LogP contribution < -0.4 is 10.4 Å². The standard InChI is InChI=1S/C8H12BNP/c1-10(2)8-5-3-7(9-11)4-6-8/h3-6H,11H2,1-2H3. The first kappa shape index (κ1) is 8.61. The second-order valence-electron chi connectivity index (χ2n) is 2.65. The minimum Gasteiger partial charge on any atom is -0.378 e. The molecule has 1 aromatic rings. The van der Waals surface area contributed by atoms with E-state index in [-0.39, 0.29) is 0 Å². The minimum atomic E-state index is 1.24. The van der Waals surface area contributed by atoms with E-state index in [2.05, 4.69) is 38.3 Å². The van der Waals surface area contributed by atoms with Crippen molar-refractivity contribution in [1.29, 1.82) is 0 Å². The molecule has 11 heavy (non-hydrogen) atoms. The fourth-order valence-corrected chi connectivity index (χ4v) is 1.11. The van der Waals surface area contributed by atoms with Crippen LogP contribution in [0.5, 0.6) is 0 Å². The van der Waals surface area contributed by atoms with Gasteiger partial charge in [0.2, 0.25) is 0 Å². The molecule has 0 amide bonds. The molecule has 0 aliphatic carbocycles. The van der Waals surface area contributed by atoms with Crippen LogP contribution >= 0.6 is 9.12 Å². The van der Waals surface area contributed by atoms with Gasteiger partial charge >= 0.3 is 0 Å². The summed E-state index contributed by atoms with van der Waals surface area (Å²) in [6.45, 7) is 2.01. The molecule has 0 aliphatic heterocycles. The molecule has 0 heterocycles. The number of rotatable bonds is 2. The van der Waals surface area contributed by atoms with Crippen molar-refractivity contribution in [2.75, 3.05) is 19.0 Å². The lowest BCUT2D eigenvalue weighted by Gasteiger charge is -2.11. The summed E-state index contributed by atoms with van der Waals surface area (Å²) in [5, 5.41) is 0. The highest BCUT2D eigenvalue weighted by molar-refractivity contribution is 7.58. The molecule has 57 valence electrons. The van der Waals surface area contributed by atoms with Gasteiger partial charge in [-0.15, -0.1) is 0 Å². The van der Waals surface area contributed by atoms with Crippen LogP contribution in [0.4, 0.5) is 5.69 Å². The van der Waals surface area contributed by atoms with Crippen molar-refractivity contribution >= 4 is 27.3 Å². The molecule has 1 nitrogen and oxygen atoms in total. The van der Waals surface area contributed by atoms with Crippen LogP contribution in [0.25, 0.3) is 0 Å². The lowest BCUT2D eigenvalue weighted by molar-refractivity contribution is 1.13. The quantitative estimate of drug-likeness (QED) is 0.463. The van der Waals surface area contributed by atoms with Gasteiger partial charge in [0.25, 0.3) is 0 Å². The largest absolute Gasteiger partial charge is 0.378 e. The van der Waals surface area contributed by atoms with E-state index in [1.807, 2.05) is 21.1 Å². The number of hydrogen-bond acceptors (Lipinski definition) is 1. The van der Waals surface area contributed by atoms with E-state index in [9.17, 15) is 0 Å². The number of hydrogen-bond donors (Lipinski definition) is 0. The highest BCUT2D eigenvalue weighted by Crippen LogP contribution is 2.07. The number of nitrogens with zero attached hydrogens (tertiary/aromatic N) is 1. The summed E-state index contributed by atoms with van der Waals surface area (Å²) >= 11 is 0. The Labute approximate surface area is 71.2 Å². The predicted molar refractivity (Wildman–Crippen MR) is 55.9 cm³/mol. The van der Waals surface area contributed by atoms with Crippen LogP contribution in [0.3, 0.4) is 0 Å². The van der Waals surface area contributed by atoms with Crippen LogP contribution in [0.2, 0.25) is 0 Å². The van der Waals surface area contributed by atoms with E-state index in [0.717, 1.165) is 0 Å². The molecule has 0 spiro atoms. The molecule has 1 unspecified atom stereocenters. The molecule has 1 rings (SSSR count). The Hall–Kier alpha value is -0.485. The molecule has 0 saturated heterocycles. The van der Waals surface area contributed by atoms with E-state index in [0.29, 0.717) is 0 Å². The monoisotopic (exact) mass is 164 g/mol. The van der Waals surface area contributed by atoms with E-state index in [4.69, 9.17) is 0 Å². The summed E-state index contributed by atoms with van der Waals surface area (Å²) in [6, 6.07) is 8.41. The third-order valence-electron chi connectivity index (χ3n) is 1.60. The van der Waals surface area contributed by atoms with Crippen molar-refractivity contribution < 1.29 is 0 Å². The molecule has 1 atom stereocenters. The zero-order valence-electron chi connectivity index (χ0n) is 6.91. The summed E-state index contributed by atoms with van der Waals surface area (Å²) in [7, 11) is 6.68. The van der Waals surface area contributed by atoms with Crippen LogP contribution in [0.1, 0.15) is 0 Å². The van der Waals surface area contributed by atoms with E-state index < -0.39 is 0 Å². The fourth-order valence-electron chi connectivity index (χ4n) is 0.884.